The zero-order chi connectivity index (χ0) is 40.7. The van der Waals surface area contributed by atoms with Gasteiger partial charge >= 0.3 is 7.82 Å². The molecule has 326 valence electrons. The van der Waals surface area contributed by atoms with Gasteiger partial charge in [0, 0.05) is 6.42 Å². The van der Waals surface area contributed by atoms with Crippen LogP contribution >= 0.6 is 7.82 Å². The molecule has 1 amide bonds. The number of nitrogens with zero attached hydrogens (tertiary/aromatic N) is 1. The minimum absolute atomic E-state index is 0.0745. The van der Waals surface area contributed by atoms with Crippen LogP contribution in [0.5, 0.6) is 0 Å². The molecule has 3 N–H and O–H groups in total. The summed E-state index contributed by atoms with van der Waals surface area (Å²) >= 11 is 0. The van der Waals surface area contributed by atoms with E-state index < -0.39 is 20.0 Å². The summed E-state index contributed by atoms with van der Waals surface area (Å²) in [6.07, 6.45) is 44.8. The number of amides is 1. The molecule has 0 radical (unpaired) electrons. The van der Waals surface area contributed by atoms with Gasteiger partial charge in [-0.15, -0.1) is 0 Å². The SMILES string of the molecule is CCCCC/C=C\C/C=C\CCCCCCCCCCCC(=O)NC(COP(=O)(O)OCC[N+](C)(C)C)C(O)CCCCCCCCCCCCCCCC. The molecule has 0 aliphatic carbocycles. The molecule has 0 spiro atoms. The van der Waals surface area contributed by atoms with Crippen LogP contribution in [-0.4, -0.2) is 73.4 Å². The van der Waals surface area contributed by atoms with Gasteiger partial charge in [0.2, 0.25) is 5.91 Å². The Bertz CT molecular complexity index is 953. The van der Waals surface area contributed by atoms with Crippen LogP contribution in [0.25, 0.3) is 0 Å². The Labute approximate surface area is 341 Å². The number of quaternary nitrogens is 1. The molecule has 0 heterocycles. The van der Waals surface area contributed by atoms with Crippen LogP contribution < -0.4 is 5.32 Å². The smallest absolute Gasteiger partial charge is 0.391 e. The normalized spacial score (nSPS) is 14.5. The van der Waals surface area contributed by atoms with Crippen LogP contribution in [0.1, 0.15) is 213 Å². The van der Waals surface area contributed by atoms with Crippen molar-refractivity contribution in [1.29, 1.82) is 0 Å². The van der Waals surface area contributed by atoms with E-state index in [2.05, 4.69) is 43.5 Å². The van der Waals surface area contributed by atoms with E-state index in [1.54, 1.807) is 0 Å². The summed E-state index contributed by atoms with van der Waals surface area (Å²) in [5.41, 5.74) is 0. The van der Waals surface area contributed by atoms with Crippen molar-refractivity contribution in [3.8, 4) is 0 Å². The molecule has 0 aromatic carbocycles. The van der Waals surface area contributed by atoms with Crippen molar-refractivity contribution in [2.45, 2.75) is 225 Å². The number of carbonyl (C=O) groups excluding carboxylic acids is 1. The Morgan fingerprint density at radius 3 is 1.53 bits per heavy atom. The fourth-order valence-electron chi connectivity index (χ4n) is 6.72. The van der Waals surface area contributed by atoms with Gasteiger partial charge in [0.05, 0.1) is 39.9 Å². The van der Waals surface area contributed by atoms with Gasteiger partial charge in [-0.3, -0.25) is 13.8 Å². The van der Waals surface area contributed by atoms with Crippen molar-refractivity contribution in [2.24, 2.45) is 0 Å². The number of allylic oxidation sites excluding steroid dienone is 4. The van der Waals surface area contributed by atoms with Gasteiger partial charge in [-0.1, -0.05) is 186 Å². The third-order valence-corrected chi connectivity index (χ3v) is 11.4. The fraction of sp³-hybridized carbons (Fsp3) is 0.891. The number of nitrogens with one attached hydrogen (secondary N) is 1. The van der Waals surface area contributed by atoms with Crippen LogP contribution in [0.15, 0.2) is 24.3 Å². The molecule has 0 rings (SSSR count). The fourth-order valence-corrected chi connectivity index (χ4v) is 7.46. The second kappa shape index (κ2) is 38.5. The molecule has 0 bridgehead atoms. The zero-order valence-corrected chi connectivity index (χ0v) is 37.8. The van der Waals surface area contributed by atoms with Crippen LogP contribution in [-0.2, 0) is 18.4 Å². The van der Waals surface area contributed by atoms with Crippen molar-refractivity contribution in [3.63, 3.8) is 0 Å². The van der Waals surface area contributed by atoms with E-state index in [0.29, 0.717) is 23.9 Å². The van der Waals surface area contributed by atoms with E-state index in [4.69, 9.17) is 9.05 Å². The minimum atomic E-state index is -4.31. The maximum Gasteiger partial charge on any atom is 0.472 e. The highest BCUT2D eigenvalue weighted by Crippen LogP contribution is 2.43. The third kappa shape index (κ3) is 41.0. The molecule has 0 fully saturated rings. The molecule has 9 heteroatoms. The highest BCUT2D eigenvalue weighted by Gasteiger charge is 2.28. The average molecular weight is 800 g/mol. The summed E-state index contributed by atoms with van der Waals surface area (Å²) in [6, 6.07) is -0.760. The van der Waals surface area contributed by atoms with Gasteiger partial charge in [0.15, 0.2) is 0 Å². The van der Waals surface area contributed by atoms with Crippen molar-refractivity contribution in [2.75, 3.05) is 40.9 Å². The summed E-state index contributed by atoms with van der Waals surface area (Å²) in [5, 5.41) is 14.0. The summed E-state index contributed by atoms with van der Waals surface area (Å²) in [4.78, 5) is 23.2. The molecule has 55 heavy (non-hydrogen) atoms. The molecule has 0 aromatic heterocycles. The Balaban J connectivity index is 4.32. The number of likely N-dealkylation sites (N-methyl/N-ethyl adjacent to an activating group) is 1. The number of phosphoric acid groups is 1. The highest BCUT2D eigenvalue weighted by atomic mass is 31.2. The monoisotopic (exact) mass is 800 g/mol. The zero-order valence-electron chi connectivity index (χ0n) is 36.9. The van der Waals surface area contributed by atoms with E-state index in [0.717, 1.165) is 44.9 Å². The molecule has 3 unspecified atom stereocenters. The van der Waals surface area contributed by atoms with Crippen molar-refractivity contribution in [1.82, 2.24) is 5.32 Å². The number of phosphoric ester groups is 1. The molecule has 8 nitrogen and oxygen atoms in total. The molecular formula is C46H92N2O6P+. The van der Waals surface area contributed by atoms with Gasteiger partial charge in [0.25, 0.3) is 0 Å². The third-order valence-electron chi connectivity index (χ3n) is 10.5. The van der Waals surface area contributed by atoms with Crippen molar-refractivity contribution in [3.05, 3.63) is 24.3 Å². The van der Waals surface area contributed by atoms with Gasteiger partial charge in [-0.2, -0.15) is 0 Å². The lowest BCUT2D eigenvalue weighted by Gasteiger charge is -2.26. The predicted octanol–water partition coefficient (Wildman–Crippen LogP) is 12.9. The Kier molecular flexibility index (Phi) is 37.8. The predicted molar refractivity (Wildman–Crippen MR) is 235 cm³/mol. The molecule has 0 saturated heterocycles. The first kappa shape index (κ1) is 54.0. The van der Waals surface area contributed by atoms with E-state index >= 15 is 0 Å². The Morgan fingerprint density at radius 2 is 1.04 bits per heavy atom. The maximum atomic E-state index is 12.9. The van der Waals surface area contributed by atoms with E-state index in [1.165, 1.54) is 141 Å². The highest BCUT2D eigenvalue weighted by molar-refractivity contribution is 7.47. The Morgan fingerprint density at radius 1 is 0.618 bits per heavy atom. The summed E-state index contributed by atoms with van der Waals surface area (Å²) in [6.45, 7) is 4.86. The number of rotatable bonds is 42. The van der Waals surface area contributed by atoms with Gasteiger partial charge in [0.1, 0.15) is 13.2 Å². The largest absolute Gasteiger partial charge is 0.472 e. The number of carbonyl (C=O) groups is 1. The molecule has 0 aliphatic rings. The standard InChI is InChI=1S/C46H91N2O6P/c1-6-8-10-12-14-16-18-20-22-23-24-25-26-28-30-32-34-36-38-40-46(50)47-44(43-54-55(51,52)53-42-41-48(3,4)5)45(49)39-37-35-33-31-29-27-21-19-17-15-13-11-9-7-2/h14,16,20,22,44-45,49H,6-13,15,17-19,21,23-43H2,1-5H3,(H-,47,50,51,52)/p+1/b16-14-,22-20-. The molecule has 0 aromatic rings. The number of hydrogen-bond acceptors (Lipinski definition) is 5. The Hall–Kier alpha value is -1.02. The summed E-state index contributed by atoms with van der Waals surface area (Å²) in [5.74, 6) is -0.149. The van der Waals surface area contributed by atoms with E-state index in [-0.39, 0.29) is 19.1 Å². The van der Waals surface area contributed by atoms with Crippen LogP contribution in [0.2, 0.25) is 0 Å². The number of aliphatic hydroxyl groups is 1. The first-order valence-corrected chi connectivity index (χ1v) is 24.7. The van der Waals surface area contributed by atoms with Gasteiger partial charge < -0.3 is 19.8 Å². The number of aliphatic hydroxyl groups excluding tert-OH is 1. The lowest BCUT2D eigenvalue weighted by atomic mass is 10.0. The minimum Gasteiger partial charge on any atom is -0.391 e. The van der Waals surface area contributed by atoms with Crippen LogP contribution in [0.3, 0.4) is 0 Å². The van der Waals surface area contributed by atoms with Crippen LogP contribution in [0, 0.1) is 0 Å². The first-order chi connectivity index (χ1) is 26.5. The lowest BCUT2D eigenvalue weighted by molar-refractivity contribution is -0.870. The molecular weight excluding hydrogens is 707 g/mol. The van der Waals surface area contributed by atoms with E-state index in [1.807, 2.05) is 21.1 Å². The second-order valence-corrected chi connectivity index (χ2v) is 18.6. The average Bonchev–Trinajstić information content (AvgIpc) is 3.13. The topological polar surface area (TPSA) is 105 Å². The summed E-state index contributed by atoms with van der Waals surface area (Å²) in [7, 11) is 1.61. The van der Waals surface area contributed by atoms with Gasteiger partial charge in [-0.25, -0.2) is 4.57 Å². The number of hydrogen-bond donors (Lipinski definition) is 3. The molecule has 3 atom stereocenters. The maximum absolute atomic E-state index is 12.9. The van der Waals surface area contributed by atoms with Crippen molar-refractivity contribution >= 4 is 13.7 Å². The number of unbranched alkanes of at least 4 members (excludes halogenated alkanes) is 25. The van der Waals surface area contributed by atoms with Gasteiger partial charge in [-0.05, 0) is 44.9 Å². The van der Waals surface area contributed by atoms with Crippen LogP contribution in [0.4, 0.5) is 0 Å². The van der Waals surface area contributed by atoms with E-state index in [9.17, 15) is 19.4 Å². The quantitative estimate of drug-likeness (QED) is 0.0246. The second-order valence-electron chi connectivity index (χ2n) is 17.1. The molecule has 0 saturated carbocycles. The summed E-state index contributed by atoms with van der Waals surface area (Å²) < 4.78 is 23.6. The lowest BCUT2D eigenvalue weighted by Crippen LogP contribution is -2.46. The first-order valence-electron chi connectivity index (χ1n) is 23.2. The molecule has 0 aliphatic heterocycles. The van der Waals surface area contributed by atoms with Crippen molar-refractivity contribution < 1.29 is 32.9 Å².